The van der Waals surface area contributed by atoms with Crippen LogP contribution in [0.15, 0.2) is 48.0 Å². The molecule has 1 atom stereocenters. The van der Waals surface area contributed by atoms with E-state index in [1.54, 1.807) is 6.92 Å². The van der Waals surface area contributed by atoms with Gasteiger partial charge < -0.3 is 9.84 Å². The minimum atomic E-state index is -0.768. The number of halogens is 1. The second-order valence-electron chi connectivity index (χ2n) is 7.27. The van der Waals surface area contributed by atoms with Gasteiger partial charge in [-0.05, 0) is 78.6 Å². The first-order valence-electron chi connectivity index (χ1n) is 9.36. The maximum Gasteiger partial charge on any atom is 0.306 e. The van der Waals surface area contributed by atoms with Crippen LogP contribution in [0.1, 0.15) is 42.9 Å². The highest BCUT2D eigenvalue weighted by Gasteiger charge is 2.17. The van der Waals surface area contributed by atoms with Crippen molar-refractivity contribution in [1.82, 2.24) is 0 Å². The summed E-state index contributed by atoms with van der Waals surface area (Å²) >= 11 is 6.00. The van der Waals surface area contributed by atoms with Crippen molar-refractivity contribution in [3.8, 4) is 5.75 Å². The zero-order valence-electron chi connectivity index (χ0n) is 15.8. The predicted octanol–water partition coefficient (Wildman–Crippen LogP) is 5.93. The zero-order valence-corrected chi connectivity index (χ0v) is 16.6. The van der Waals surface area contributed by atoms with Crippen LogP contribution in [0, 0.1) is 12.8 Å². The first kappa shape index (κ1) is 19.5. The molecule has 0 fully saturated rings. The third-order valence-corrected chi connectivity index (χ3v) is 5.38. The van der Waals surface area contributed by atoms with Gasteiger partial charge in [0.25, 0.3) is 0 Å². The third-order valence-electron chi connectivity index (χ3n) is 5.13. The Morgan fingerprint density at radius 2 is 1.93 bits per heavy atom. The molecule has 0 radical (unpaired) electrons. The highest BCUT2D eigenvalue weighted by atomic mass is 35.5. The van der Waals surface area contributed by atoms with Crippen LogP contribution in [0.3, 0.4) is 0 Å². The molecule has 0 aliphatic heterocycles. The van der Waals surface area contributed by atoms with E-state index < -0.39 is 5.97 Å². The second-order valence-corrected chi connectivity index (χ2v) is 7.71. The summed E-state index contributed by atoms with van der Waals surface area (Å²) in [5.74, 6) is -0.297. The molecule has 4 heteroatoms. The minimum Gasteiger partial charge on any atom is -0.489 e. The van der Waals surface area contributed by atoms with E-state index in [-0.39, 0.29) is 5.92 Å². The van der Waals surface area contributed by atoms with Gasteiger partial charge in [0.2, 0.25) is 0 Å². The van der Waals surface area contributed by atoms with Crippen molar-refractivity contribution in [2.75, 3.05) is 6.61 Å². The number of aryl methyl sites for hydroxylation is 1. The van der Waals surface area contributed by atoms with E-state index in [2.05, 4.69) is 12.1 Å². The van der Waals surface area contributed by atoms with Crippen LogP contribution < -0.4 is 4.74 Å². The summed E-state index contributed by atoms with van der Waals surface area (Å²) in [7, 11) is 0. The van der Waals surface area contributed by atoms with Crippen LogP contribution in [0.5, 0.6) is 5.75 Å². The summed E-state index contributed by atoms with van der Waals surface area (Å²) in [6, 6.07) is 14.0. The minimum absolute atomic E-state index is 0.387. The lowest BCUT2D eigenvalue weighted by molar-refractivity contribution is -0.141. The molecule has 0 bridgehead atoms. The monoisotopic (exact) mass is 384 g/mol. The number of carboxylic acids is 1. The Labute approximate surface area is 165 Å². The lowest BCUT2D eigenvalue weighted by atomic mass is 9.99. The Hall–Kier alpha value is -2.26. The SMILES string of the molecule is Cc1cc(CC(C)C(=O)O)ccc1OCC1=C(c2ccc(Cl)cc2)CCC1. The lowest BCUT2D eigenvalue weighted by Gasteiger charge is -2.14. The van der Waals surface area contributed by atoms with E-state index in [0.29, 0.717) is 13.0 Å². The molecule has 1 unspecified atom stereocenters. The molecular formula is C23H25ClO3. The van der Waals surface area contributed by atoms with Crippen molar-refractivity contribution in [2.24, 2.45) is 5.92 Å². The molecule has 27 heavy (non-hydrogen) atoms. The molecule has 3 nitrogen and oxygen atoms in total. The molecule has 1 aliphatic carbocycles. The Morgan fingerprint density at radius 3 is 2.59 bits per heavy atom. The predicted molar refractivity (Wildman–Crippen MR) is 109 cm³/mol. The molecule has 1 aliphatic rings. The van der Waals surface area contributed by atoms with Crippen LogP contribution in [0.25, 0.3) is 5.57 Å². The summed E-state index contributed by atoms with van der Waals surface area (Å²) in [6.45, 7) is 4.32. The maximum absolute atomic E-state index is 11.0. The van der Waals surface area contributed by atoms with Crippen molar-refractivity contribution in [2.45, 2.75) is 39.5 Å². The average molecular weight is 385 g/mol. The molecule has 0 aromatic heterocycles. The van der Waals surface area contributed by atoms with E-state index in [9.17, 15) is 4.79 Å². The first-order chi connectivity index (χ1) is 12.9. The Balaban J connectivity index is 1.69. The quantitative estimate of drug-likeness (QED) is 0.643. The third kappa shape index (κ3) is 4.92. The summed E-state index contributed by atoms with van der Waals surface area (Å²) < 4.78 is 6.10. The van der Waals surface area contributed by atoms with Crippen molar-refractivity contribution in [3.63, 3.8) is 0 Å². The van der Waals surface area contributed by atoms with Gasteiger partial charge in [-0.15, -0.1) is 0 Å². The number of carboxylic acid groups (broad SMARTS) is 1. The van der Waals surface area contributed by atoms with Crippen molar-refractivity contribution in [3.05, 3.63) is 69.8 Å². The van der Waals surface area contributed by atoms with Crippen molar-refractivity contribution in [1.29, 1.82) is 0 Å². The molecule has 1 N–H and O–H groups in total. The van der Waals surface area contributed by atoms with Crippen molar-refractivity contribution < 1.29 is 14.6 Å². The highest BCUT2D eigenvalue weighted by Crippen LogP contribution is 2.35. The average Bonchev–Trinajstić information content (AvgIpc) is 3.10. The number of ether oxygens (including phenoxy) is 1. The Bertz CT molecular complexity index is 852. The van der Waals surface area contributed by atoms with Gasteiger partial charge in [-0.2, -0.15) is 0 Å². The number of hydrogen-bond acceptors (Lipinski definition) is 2. The highest BCUT2D eigenvalue weighted by molar-refractivity contribution is 6.30. The molecule has 0 heterocycles. The van der Waals surface area contributed by atoms with E-state index in [1.807, 2.05) is 37.3 Å². The molecular weight excluding hydrogens is 360 g/mol. The molecule has 2 aromatic rings. The zero-order chi connectivity index (χ0) is 19.4. The molecule has 0 spiro atoms. The fourth-order valence-electron chi connectivity index (χ4n) is 3.57. The molecule has 2 aromatic carbocycles. The van der Waals surface area contributed by atoms with Crippen LogP contribution in [0.4, 0.5) is 0 Å². The lowest BCUT2D eigenvalue weighted by Crippen LogP contribution is -2.12. The van der Waals surface area contributed by atoms with Gasteiger partial charge in [0.05, 0.1) is 5.92 Å². The van der Waals surface area contributed by atoms with Gasteiger partial charge >= 0.3 is 5.97 Å². The number of benzene rings is 2. The summed E-state index contributed by atoms with van der Waals surface area (Å²) in [5, 5.41) is 9.82. The number of allylic oxidation sites excluding steroid dienone is 1. The van der Waals surface area contributed by atoms with Gasteiger partial charge in [0.1, 0.15) is 12.4 Å². The molecule has 142 valence electrons. The Kier molecular flexibility index (Phi) is 6.22. The summed E-state index contributed by atoms with van der Waals surface area (Å²) in [4.78, 5) is 11.0. The number of carbonyl (C=O) groups is 1. The van der Waals surface area contributed by atoms with Gasteiger partial charge in [0, 0.05) is 5.02 Å². The molecule has 0 saturated carbocycles. The number of rotatable bonds is 7. The smallest absolute Gasteiger partial charge is 0.306 e. The topological polar surface area (TPSA) is 46.5 Å². The normalized spacial score (nSPS) is 15.1. The fourth-order valence-corrected chi connectivity index (χ4v) is 3.70. The largest absolute Gasteiger partial charge is 0.489 e. The van der Waals surface area contributed by atoms with Crippen LogP contribution in [-0.2, 0) is 11.2 Å². The van der Waals surface area contributed by atoms with E-state index in [1.165, 1.54) is 16.7 Å². The van der Waals surface area contributed by atoms with Gasteiger partial charge in [-0.3, -0.25) is 4.79 Å². The molecule has 0 amide bonds. The maximum atomic E-state index is 11.0. The Morgan fingerprint density at radius 1 is 1.19 bits per heavy atom. The molecule has 3 rings (SSSR count). The van der Waals surface area contributed by atoms with Gasteiger partial charge in [-0.1, -0.05) is 42.8 Å². The number of hydrogen-bond donors (Lipinski definition) is 1. The first-order valence-corrected chi connectivity index (χ1v) is 9.74. The fraction of sp³-hybridized carbons (Fsp3) is 0.348. The molecule has 0 saturated heterocycles. The van der Waals surface area contributed by atoms with Gasteiger partial charge in [-0.25, -0.2) is 0 Å². The second kappa shape index (κ2) is 8.62. The summed E-state index contributed by atoms with van der Waals surface area (Å²) in [6.07, 6.45) is 3.82. The van der Waals surface area contributed by atoms with Crippen LogP contribution in [0.2, 0.25) is 5.02 Å². The summed E-state index contributed by atoms with van der Waals surface area (Å²) in [5.41, 5.74) is 6.01. The van der Waals surface area contributed by atoms with E-state index >= 15 is 0 Å². The van der Waals surface area contributed by atoms with Crippen LogP contribution in [-0.4, -0.2) is 17.7 Å². The van der Waals surface area contributed by atoms with Crippen molar-refractivity contribution >= 4 is 23.1 Å². The van der Waals surface area contributed by atoms with E-state index in [0.717, 1.165) is 41.2 Å². The van der Waals surface area contributed by atoms with Gasteiger partial charge in [0.15, 0.2) is 0 Å². The number of aliphatic carboxylic acids is 1. The van der Waals surface area contributed by atoms with E-state index in [4.69, 9.17) is 21.4 Å². The van der Waals surface area contributed by atoms with Crippen LogP contribution >= 0.6 is 11.6 Å². The standard InChI is InChI=1S/C23H25ClO3/c1-15-12-17(13-16(2)23(25)26)6-11-22(15)27-14-19-4-3-5-21(19)18-7-9-20(24)10-8-18/h6-12,16H,3-5,13-14H2,1-2H3,(H,25,26).